The van der Waals surface area contributed by atoms with Crippen molar-refractivity contribution in [1.82, 2.24) is 9.96 Å². The van der Waals surface area contributed by atoms with Crippen LogP contribution in [0.15, 0.2) is 11.6 Å². The third-order valence-electron chi connectivity index (χ3n) is 2.91. The molecule has 0 saturated carbocycles. The molecule has 0 radical (unpaired) electrons. The molecular formula is C10H13N3O5. The minimum atomic E-state index is -1.17. The summed E-state index contributed by atoms with van der Waals surface area (Å²) in [4.78, 5) is 39.9. The van der Waals surface area contributed by atoms with E-state index in [1.807, 2.05) is 0 Å². The van der Waals surface area contributed by atoms with Crippen molar-refractivity contribution in [2.24, 2.45) is 5.73 Å². The molecule has 2 bridgehead atoms. The number of nitrogens with zero attached hydrogens (tertiary/aromatic N) is 2. The van der Waals surface area contributed by atoms with E-state index in [4.69, 9.17) is 15.7 Å². The van der Waals surface area contributed by atoms with Gasteiger partial charge in [0.25, 0.3) is 0 Å². The molecule has 3 amide bonds. The summed E-state index contributed by atoms with van der Waals surface area (Å²) in [7, 11) is 0. The second kappa shape index (κ2) is 4.30. The summed E-state index contributed by atoms with van der Waals surface area (Å²) in [5.41, 5.74) is 5.91. The molecule has 98 valence electrons. The Kier molecular flexibility index (Phi) is 2.95. The number of carboxylic acids is 1. The molecule has 0 aliphatic carbocycles. The molecule has 8 heteroatoms. The molecular weight excluding hydrogens is 242 g/mol. The molecule has 0 aromatic rings. The van der Waals surface area contributed by atoms with Crippen molar-refractivity contribution in [2.75, 3.05) is 13.2 Å². The van der Waals surface area contributed by atoms with E-state index >= 15 is 0 Å². The van der Waals surface area contributed by atoms with Gasteiger partial charge in [-0.15, -0.1) is 0 Å². The second-order valence-electron chi connectivity index (χ2n) is 4.21. The monoisotopic (exact) mass is 255 g/mol. The molecule has 2 aliphatic rings. The number of hydroxylamine groups is 2. The fourth-order valence-electron chi connectivity index (χ4n) is 2.25. The van der Waals surface area contributed by atoms with Gasteiger partial charge in [0.05, 0.1) is 12.6 Å². The van der Waals surface area contributed by atoms with Crippen LogP contribution in [0.2, 0.25) is 0 Å². The minimum absolute atomic E-state index is 0.267. The van der Waals surface area contributed by atoms with Gasteiger partial charge in [0, 0.05) is 0 Å². The number of hydrogen-bond donors (Lipinski definition) is 2. The number of fused-ring (bicyclic) bond motifs is 2. The van der Waals surface area contributed by atoms with E-state index in [0.717, 1.165) is 5.06 Å². The molecule has 8 nitrogen and oxygen atoms in total. The van der Waals surface area contributed by atoms with Crippen LogP contribution in [0.3, 0.4) is 0 Å². The standard InChI is InChI=1S/C10H13N3O5/c1-5-2-6-3-12(8(5)9(11)16)10(17)13(6)18-4-7(14)15/h2,6,8H,3-4H2,1H3,(H2,11,16)(H,14,15)/t6-,8-/m0/s1. The maximum absolute atomic E-state index is 12.0. The number of nitrogens with two attached hydrogens (primary N) is 1. The molecule has 2 atom stereocenters. The zero-order valence-corrected chi connectivity index (χ0v) is 9.70. The number of urea groups is 1. The number of carboxylic acid groups (broad SMARTS) is 1. The number of hydrogen-bond acceptors (Lipinski definition) is 4. The molecule has 0 aromatic carbocycles. The molecule has 3 N–H and O–H groups in total. The van der Waals surface area contributed by atoms with Crippen molar-refractivity contribution in [3.8, 4) is 0 Å². The fraction of sp³-hybridized carbons (Fsp3) is 0.500. The zero-order valence-electron chi connectivity index (χ0n) is 9.70. The van der Waals surface area contributed by atoms with Crippen molar-refractivity contribution in [3.63, 3.8) is 0 Å². The second-order valence-corrected chi connectivity index (χ2v) is 4.21. The Bertz CT molecular complexity index is 447. The Labute approximate surface area is 103 Å². The first-order valence-corrected chi connectivity index (χ1v) is 5.34. The first-order chi connectivity index (χ1) is 8.41. The molecule has 18 heavy (non-hydrogen) atoms. The lowest BCUT2D eigenvalue weighted by molar-refractivity contribution is -0.164. The summed E-state index contributed by atoms with van der Waals surface area (Å²) in [6, 6.07) is -1.71. The van der Waals surface area contributed by atoms with E-state index in [0.29, 0.717) is 5.57 Å². The van der Waals surface area contributed by atoms with Crippen LogP contribution in [0.1, 0.15) is 6.92 Å². The van der Waals surface area contributed by atoms with Gasteiger partial charge in [-0.2, -0.15) is 5.06 Å². The van der Waals surface area contributed by atoms with E-state index < -0.39 is 30.6 Å². The zero-order chi connectivity index (χ0) is 13.4. The molecule has 2 aliphatic heterocycles. The number of aliphatic carboxylic acids is 1. The molecule has 0 spiro atoms. The molecule has 1 saturated heterocycles. The van der Waals surface area contributed by atoms with Gasteiger partial charge in [0.15, 0.2) is 6.61 Å². The van der Waals surface area contributed by atoms with Gasteiger partial charge < -0.3 is 15.7 Å². The SMILES string of the molecule is CC1=C[C@H]2CN(C(=O)N2OCC(=O)O)[C@@H]1C(N)=O. The average molecular weight is 255 g/mol. The van der Waals surface area contributed by atoms with Crippen molar-refractivity contribution in [2.45, 2.75) is 19.0 Å². The van der Waals surface area contributed by atoms with Gasteiger partial charge in [0.1, 0.15) is 6.04 Å². The number of carbonyl (C=O) groups excluding carboxylic acids is 2. The first kappa shape index (κ1) is 12.4. The van der Waals surface area contributed by atoms with Gasteiger partial charge in [-0.25, -0.2) is 9.59 Å². The number of rotatable bonds is 4. The Morgan fingerprint density at radius 1 is 1.61 bits per heavy atom. The van der Waals surface area contributed by atoms with E-state index in [1.165, 1.54) is 4.90 Å². The maximum Gasteiger partial charge on any atom is 0.345 e. The number of amides is 3. The normalized spacial score (nSPS) is 26.3. The number of primary amides is 1. The van der Waals surface area contributed by atoms with Crippen molar-refractivity contribution in [3.05, 3.63) is 11.6 Å². The van der Waals surface area contributed by atoms with Crippen LogP contribution in [-0.2, 0) is 14.4 Å². The molecule has 0 unspecified atom stereocenters. The highest BCUT2D eigenvalue weighted by Gasteiger charge is 2.46. The lowest BCUT2D eigenvalue weighted by Gasteiger charge is -2.27. The Morgan fingerprint density at radius 2 is 2.28 bits per heavy atom. The van der Waals surface area contributed by atoms with Crippen LogP contribution in [0.5, 0.6) is 0 Å². The van der Waals surface area contributed by atoms with Crippen LogP contribution < -0.4 is 5.73 Å². The van der Waals surface area contributed by atoms with Crippen LogP contribution in [0, 0.1) is 0 Å². The predicted octanol–water partition coefficient (Wildman–Crippen LogP) is -1.08. The Balaban J connectivity index is 2.19. The molecule has 0 aromatic heterocycles. The summed E-state index contributed by atoms with van der Waals surface area (Å²) in [6.07, 6.45) is 1.69. The number of carbonyl (C=O) groups is 3. The van der Waals surface area contributed by atoms with Crippen LogP contribution in [0.4, 0.5) is 4.79 Å². The van der Waals surface area contributed by atoms with Gasteiger partial charge in [-0.3, -0.25) is 9.63 Å². The third kappa shape index (κ3) is 1.90. The summed E-state index contributed by atoms with van der Waals surface area (Å²) >= 11 is 0. The van der Waals surface area contributed by atoms with Crippen LogP contribution in [0.25, 0.3) is 0 Å². The molecule has 1 fully saturated rings. The molecule has 2 rings (SSSR count). The van der Waals surface area contributed by atoms with E-state index in [-0.39, 0.29) is 12.6 Å². The predicted molar refractivity (Wildman–Crippen MR) is 58.1 cm³/mol. The topological polar surface area (TPSA) is 113 Å². The van der Waals surface area contributed by atoms with Crippen molar-refractivity contribution in [1.29, 1.82) is 0 Å². The van der Waals surface area contributed by atoms with E-state index in [9.17, 15) is 14.4 Å². The summed E-state index contributed by atoms with van der Waals surface area (Å²) in [6.45, 7) is 1.36. The largest absolute Gasteiger partial charge is 0.479 e. The Hall–Kier alpha value is -2.09. The van der Waals surface area contributed by atoms with Gasteiger partial charge in [0.2, 0.25) is 5.91 Å². The summed E-state index contributed by atoms with van der Waals surface area (Å²) in [5, 5.41) is 9.50. The highest BCUT2D eigenvalue weighted by Crippen LogP contribution is 2.29. The molecule has 2 heterocycles. The third-order valence-corrected chi connectivity index (χ3v) is 2.91. The highest BCUT2D eigenvalue weighted by molar-refractivity contribution is 5.90. The summed E-state index contributed by atoms with van der Waals surface area (Å²) in [5.74, 6) is -1.79. The Morgan fingerprint density at radius 3 is 2.83 bits per heavy atom. The van der Waals surface area contributed by atoms with E-state index in [1.54, 1.807) is 13.0 Å². The fourth-order valence-corrected chi connectivity index (χ4v) is 2.25. The van der Waals surface area contributed by atoms with Crippen LogP contribution >= 0.6 is 0 Å². The lowest BCUT2D eigenvalue weighted by Crippen LogP contribution is -2.48. The van der Waals surface area contributed by atoms with Crippen molar-refractivity contribution < 1.29 is 24.3 Å². The van der Waals surface area contributed by atoms with Crippen molar-refractivity contribution >= 4 is 17.9 Å². The van der Waals surface area contributed by atoms with Gasteiger partial charge in [-0.1, -0.05) is 6.08 Å². The summed E-state index contributed by atoms with van der Waals surface area (Å²) < 4.78 is 0. The van der Waals surface area contributed by atoms with Gasteiger partial charge >= 0.3 is 12.0 Å². The first-order valence-electron chi connectivity index (χ1n) is 5.34. The van der Waals surface area contributed by atoms with E-state index in [2.05, 4.69) is 0 Å². The average Bonchev–Trinajstić information content (AvgIpc) is 2.49. The maximum atomic E-state index is 12.0. The van der Waals surface area contributed by atoms with Gasteiger partial charge in [-0.05, 0) is 12.5 Å². The van der Waals surface area contributed by atoms with Crippen LogP contribution in [-0.4, -0.2) is 58.2 Å². The lowest BCUT2D eigenvalue weighted by atomic mass is 10.0. The smallest absolute Gasteiger partial charge is 0.345 e. The minimum Gasteiger partial charge on any atom is -0.479 e. The quantitative estimate of drug-likeness (QED) is 0.620. The highest BCUT2D eigenvalue weighted by atomic mass is 16.7.